The molecule has 2 fully saturated rings. The second-order valence-corrected chi connectivity index (χ2v) is 7.96. The summed E-state index contributed by atoms with van der Waals surface area (Å²) in [5.74, 6) is 0.648. The zero-order chi connectivity index (χ0) is 16.5. The average Bonchev–Trinajstić information content (AvgIpc) is 2.94. The summed E-state index contributed by atoms with van der Waals surface area (Å²) < 4.78 is 44.7. The maximum atomic E-state index is 12.7. The van der Waals surface area contributed by atoms with E-state index in [9.17, 15) is 8.42 Å². The summed E-state index contributed by atoms with van der Waals surface area (Å²) in [5, 5.41) is 0. The van der Waals surface area contributed by atoms with Crippen molar-refractivity contribution < 1.29 is 22.6 Å². The molecule has 0 unspecified atom stereocenters. The highest BCUT2D eigenvalue weighted by molar-refractivity contribution is 7.89. The Bertz CT molecular complexity index is 667. The van der Waals surface area contributed by atoms with E-state index in [1.165, 1.54) is 0 Å². The Morgan fingerprint density at radius 2 is 2.17 bits per heavy atom. The molecule has 0 amide bonds. The maximum Gasteiger partial charge on any atom is 0.241 e. The van der Waals surface area contributed by atoms with Crippen LogP contribution in [0.25, 0.3) is 0 Å². The molecule has 1 N–H and O–H groups in total. The lowest BCUT2D eigenvalue weighted by molar-refractivity contribution is -0.0868. The van der Waals surface area contributed by atoms with Crippen LogP contribution in [0.5, 0.6) is 5.75 Å². The van der Waals surface area contributed by atoms with Crippen molar-refractivity contribution in [3.8, 4) is 5.75 Å². The van der Waals surface area contributed by atoms with Gasteiger partial charge in [-0.25, -0.2) is 13.1 Å². The van der Waals surface area contributed by atoms with Crippen molar-refractivity contribution in [1.29, 1.82) is 0 Å². The highest BCUT2D eigenvalue weighted by Crippen LogP contribution is 2.33. The Hall–Kier alpha value is -1.15. The van der Waals surface area contributed by atoms with Gasteiger partial charge in [-0.2, -0.15) is 0 Å². The molecule has 3 rings (SSSR count). The standard InChI is InChI=1S/C16H23NO5S/c1-12-9-14(20-2)3-4-15(12)23(18,19)17-13-5-7-22-16(10-13)6-8-21-11-16/h3-4,9,13,17H,5-8,10-11H2,1-2H3/t13-,16+/m0/s1. The topological polar surface area (TPSA) is 73.9 Å². The largest absolute Gasteiger partial charge is 0.497 e. The van der Waals surface area contributed by atoms with Crippen molar-refractivity contribution in [3.63, 3.8) is 0 Å². The molecular formula is C16H23NO5S. The minimum absolute atomic E-state index is 0.128. The summed E-state index contributed by atoms with van der Waals surface area (Å²) in [6.07, 6.45) is 2.16. The zero-order valence-corrected chi connectivity index (χ0v) is 14.3. The SMILES string of the molecule is COc1ccc(S(=O)(=O)N[C@H]2CCO[C@]3(CCOC3)C2)c(C)c1. The van der Waals surface area contributed by atoms with E-state index in [0.717, 1.165) is 6.42 Å². The highest BCUT2D eigenvalue weighted by Gasteiger charge is 2.42. The van der Waals surface area contributed by atoms with Crippen LogP contribution in [0, 0.1) is 6.92 Å². The number of rotatable bonds is 4. The molecule has 0 aromatic heterocycles. The van der Waals surface area contributed by atoms with Gasteiger partial charge in [-0.05, 0) is 43.5 Å². The summed E-state index contributed by atoms with van der Waals surface area (Å²) in [4.78, 5) is 0.293. The zero-order valence-electron chi connectivity index (χ0n) is 13.5. The van der Waals surface area contributed by atoms with Gasteiger partial charge in [0.25, 0.3) is 0 Å². The second kappa shape index (κ2) is 6.39. The van der Waals surface area contributed by atoms with Crippen LogP contribution >= 0.6 is 0 Å². The Kier molecular flexibility index (Phi) is 4.64. The summed E-state index contributed by atoms with van der Waals surface area (Å²) in [7, 11) is -2.00. The quantitative estimate of drug-likeness (QED) is 0.901. The first kappa shape index (κ1) is 16.7. The summed E-state index contributed by atoms with van der Waals surface area (Å²) in [6, 6.07) is 4.85. The van der Waals surface area contributed by atoms with E-state index in [2.05, 4.69) is 4.72 Å². The van der Waals surface area contributed by atoms with Gasteiger partial charge < -0.3 is 14.2 Å². The van der Waals surface area contributed by atoms with Crippen LogP contribution in [0.15, 0.2) is 23.1 Å². The Morgan fingerprint density at radius 3 is 2.83 bits per heavy atom. The molecule has 6 nitrogen and oxygen atoms in total. The normalized spacial score (nSPS) is 28.2. The molecule has 2 aliphatic heterocycles. The molecule has 0 saturated carbocycles. The molecule has 0 aliphatic carbocycles. The van der Waals surface area contributed by atoms with E-state index in [0.29, 0.717) is 48.9 Å². The van der Waals surface area contributed by atoms with Gasteiger partial charge in [0.15, 0.2) is 0 Å². The number of hydrogen-bond donors (Lipinski definition) is 1. The van der Waals surface area contributed by atoms with Crippen molar-refractivity contribution in [3.05, 3.63) is 23.8 Å². The molecule has 2 heterocycles. The van der Waals surface area contributed by atoms with E-state index in [-0.39, 0.29) is 11.6 Å². The van der Waals surface area contributed by atoms with Gasteiger partial charge in [0.2, 0.25) is 10.0 Å². The molecule has 2 saturated heterocycles. The van der Waals surface area contributed by atoms with E-state index >= 15 is 0 Å². The maximum absolute atomic E-state index is 12.7. The molecule has 0 bridgehead atoms. The molecular weight excluding hydrogens is 318 g/mol. The molecule has 0 radical (unpaired) electrons. The molecule has 1 aromatic rings. The van der Waals surface area contributed by atoms with Gasteiger partial charge in [-0.3, -0.25) is 0 Å². The minimum Gasteiger partial charge on any atom is -0.497 e. The predicted molar refractivity (Wildman–Crippen MR) is 85.2 cm³/mol. The van der Waals surface area contributed by atoms with Gasteiger partial charge in [0.05, 0.1) is 24.2 Å². The lowest BCUT2D eigenvalue weighted by Crippen LogP contribution is -2.49. The van der Waals surface area contributed by atoms with Gasteiger partial charge >= 0.3 is 0 Å². The number of methoxy groups -OCH3 is 1. The fraction of sp³-hybridized carbons (Fsp3) is 0.625. The van der Waals surface area contributed by atoms with Gasteiger partial charge in [-0.15, -0.1) is 0 Å². The van der Waals surface area contributed by atoms with Crippen molar-refractivity contribution >= 4 is 10.0 Å². The third-order valence-corrected chi connectivity index (χ3v) is 6.23. The number of nitrogens with one attached hydrogen (secondary N) is 1. The number of aryl methyl sites for hydroxylation is 1. The van der Waals surface area contributed by atoms with Crippen molar-refractivity contribution in [2.24, 2.45) is 0 Å². The summed E-state index contributed by atoms with van der Waals surface area (Å²) >= 11 is 0. The Balaban J connectivity index is 1.75. The number of ether oxygens (including phenoxy) is 3. The van der Waals surface area contributed by atoms with Gasteiger partial charge in [-0.1, -0.05) is 0 Å². The Morgan fingerprint density at radius 1 is 1.35 bits per heavy atom. The van der Waals surface area contributed by atoms with Crippen LogP contribution in [0.3, 0.4) is 0 Å². The molecule has 1 aromatic carbocycles. The summed E-state index contributed by atoms with van der Waals surface area (Å²) in [6.45, 7) is 3.55. The second-order valence-electron chi connectivity index (χ2n) is 6.28. The van der Waals surface area contributed by atoms with Crippen LogP contribution in [-0.4, -0.2) is 47.0 Å². The first-order valence-electron chi connectivity index (χ1n) is 7.83. The molecule has 2 aliphatic rings. The Labute approximate surface area is 137 Å². The van der Waals surface area contributed by atoms with Gasteiger partial charge in [0, 0.05) is 25.7 Å². The van der Waals surface area contributed by atoms with E-state index < -0.39 is 10.0 Å². The number of benzene rings is 1. The lowest BCUT2D eigenvalue weighted by Gasteiger charge is -2.37. The van der Waals surface area contributed by atoms with Crippen molar-refractivity contribution in [1.82, 2.24) is 4.72 Å². The first-order chi connectivity index (χ1) is 10.9. The van der Waals surface area contributed by atoms with E-state index in [1.807, 2.05) is 0 Å². The smallest absolute Gasteiger partial charge is 0.241 e. The fourth-order valence-corrected chi connectivity index (χ4v) is 4.82. The van der Waals surface area contributed by atoms with Crippen LogP contribution in [-0.2, 0) is 19.5 Å². The molecule has 128 valence electrons. The number of sulfonamides is 1. The molecule has 7 heteroatoms. The van der Waals surface area contributed by atoms with Crippen LogP contribution in [0.2, 0.25) is 0 Å². The average molecular weight is 341 g/mol. The van der Waals surface area contributed by atoms with Crippen LogP contribution < -0.4 is 9.46 Å². The summed E-state index contributed by atoms with van der Waals surface area (Å²) in [5.41, 5.74) is 0.350. The van der Waals surface area contributed by atoms with Crippen LogP contribution in [0.4, 0.5) is 0 Å². The lowest BCUT2D eigenvalue weighted by atomic mass is 9.90. The molecule has 23 heavy (non-hydrogen) atoms. The monoisotopic (exact) mass is 341 g/mol. The number of hydrogen-bond acceptors (Lipinski definition) is 5. The van der Waals surface area contributed by atoms with E-state index in [4.69, 9.17) is 14.2 Å². The fourth-order valence-electron chi connectivity index (χ4n) is 3.32. The van der Waals surface area contributed by atoms with Crippen molar-refractivity contribution in [2.75, 3.05) is 26.9 Å². The molecule has 1 spiro atoms. The third-order valence-electron chi connectivity index (χ3n) is 4.55. The van der Waals surface area contributed by atoms with Crippen LogP contribution in [0.1, 0.15) is 24.8 Å². The van der Waals surface area contributed by atoms with Gasteiger partial charge in [0.1, 0.15) is 5.75 Å². The van der Waals surface area contributed by atoms with E-state index in [1.54, 1.807) is 32.2 Å². The predicted octanol–water partition coefficient (Wildman–Crippen LogP) is 1.62. The third kappa shape index (κ3) is 3.52. The highest BCUT2D eigenvalue weighted by atomic mass is 32.2. The van der Waals surface area contributed by atoms with Crippen molar-refractivity contribution in [2.45, 2.75) is 42.7 Å². The molecule has 2 atom stereocenters. The first-order valence-corrected chi connectivity index (χ1v) is 9.31. The minimum atomic E-state index is -3.56.